The van der Waals surface area contributed by atoms with Gasteiger partial charge < -0.3 is 14.6 Å². The second-order valence-electron chi connectivity index (χ2n) is 3.07. The van der Waals surface area contributed by atoms with Crippen LogP contribution >= 0.6 is 0 Å². The number of methoxy groups -OCH3 is 1. The average molecular weight is 191 g/mol. The van der Waals surface area contributed by atoms with Crippen molar-refractivity contribution in [3.63, 3.8) is 0 Å². The van der Waals surface area contributed by atoms with Crippen LogP contribution in [-0.4, -0.2) is 23.7 Å². The Hall–Kier alpha value is -1.71. The molecule has 0 saturated heterocycles. The molecule has 0 aliphatic rings. The van der Waals surface area contributed by atoms with Crippen LogP contribution in [0.2, 0.25) is 0 Å². The molecule has 4 nitrogen and oxygen atoms in total. The summed E-state index contributed by atoms with van der Waals surface area (Å²) in [6.07, 6.45) is 0. The van der Waals surface area contributed by atoms with Gasteiger partial charge in [-0.25, -0.2) is 4.98 Å². The smallest absolute Gasteiger partial charge is 0.203 e. The highest BCUT2D eigenvalue weighted by molar-refractivity contribution is 5.84. The predicted molar refractivity (Wildman–Crippen MR) is 56.8 cm³/mol. The standard InChI is InChI=1S/C10H13N3O/c1-11-10-12-7-5-4-6-8(14-3)9(7)13(10)2/h4-6H,1-3H3,(H,11,12). The van der Waals surface area contributed by atoms with E-state index in [9.17, 15) is 0 Å². The van der Waals surface area contributed by atoms with E-state index in [-0.39, 0.29) is 0 Å². The van der Waals surface area contributed by atoms with Crippen LogP contribution in [0, 0.1) is 0 Å². The molecule has 2 rings (SSSR count). The summed E-state index contributed by atoms with van der Waals surface area (Å²) < 4.78 is 7.26. The highest BCUT2D eigenvalue weighted by Gasteiger charge is 2.09. The first-order valence-electron chi connectivity index (χ1n) is 4.45. The van der Waals surface area contributed by atoms with Gasteiger partial charge in [0.05, 0.1) is 12.6 Å². The van der Waals surface area contributed by atoms with Crippen LogP contribution in [0.15, 0.2) is 18.2 Å². The lowest BCUT2D eigenvalue weighted by molar-refractivity contribution is 0.418. The summed E-state index contributed by atoms with van der Waals surface area (Å²) in [7, 11) is 5.48. The number of anilines is 1. The molecule has 0 amide bonds. The Morgan fingerprint density at radius 2 is 2.21 bits per heavy atom. The summed E-state index contributed by atoms with van der Waals surface area (Å²) in [4.78, 5) is 4.41. The highest BCUT2D eigenvalue weighted by atomic mass is 16.5. The third kappa shape index (κ3) is 1.11. The first-order chi connectivity index (χ1) is 6.77. The molecular weight excluding hydrogens is 178 g/mol. The summed E-state index contributed by atoms with van der Waals surface area (Å²) in [5.74, 6) is 1.68. The van der Waals surface area contributed by atoms with E-state index in [1.165, 1.54) is 0 Å². The molecule has 1 N–H and O–H groups in total. The monoisotopic (exact) mass is 191 g/mol. The zero-order chi connectivity index (χ0) is 10.1. The SMILES string of the molecule is CNc1nc2cccc(OC)c2n1C. The average Bonchev–Trinajstić information content (AvgIpc) is 2.55. The number of para-hydroxylation sites is 1. The molecule has 4 heteroatoms. The van der Waals surface area contributed by atoms with Crippen molar-refractivity contribution >= 4 is 17.0 Å². The molecule has 0 saturated carbocycles. The summed E-state index contributed by atoms with van der Waals surface area (Å²) in [6.45, 7) is 0. The Bertz CT molecular complexity index is 462. The van der Waals surface area contributed by atoms with Gasteiger partial charge in [0.25, 0.3) is 0 Å². The Morgan fingerprint density at radius 1 is 1.43 bits per heavy atom. The van der Waals surface area contributed by atoms with Gasteiger partial charge in [0.15, 0.2) is 0 Å². The van der Waals surface area contributed by atoms with E-state index < -0.39 is 0 Å². The highest BCUT2D eigenvalue weighted by Crippen LogP contribution is 2.26. The van der Waals surface area contributed by atoms with Crippen LogP contribution in [0.4, 0.5) is 5.95 Å². The van der Waals surface area contributed by atoms with Crippen molar-refractivity contribution in [1.82, 2.24) is 9.55 Å². The molecule has 14 heavy (non-hydrogen) atoms. The Morgan fingerprint density at radius 3 is 2.86 bits per heavy atom. The molecule has 0 spiro atoms. The lowest BCUT2D eigenvalue weighted by Gasteiger charge is -2.04. The van der Waals surface area contributed by atoms with Crippen LogP contribution in [0.25, 0.3) is 11.0 Å². The minimum atomic E-state index is 0.838. The Labute approximate surface area is 82.5 Å². The van der Waals surface area contributed by atoms with Crippen molar-refractivity contribution in [2.45, 2.75) is 0 Å². The normalized spacial score (nSPS) is 10.5. The van der Waals surface area contributed by atoms with Gasteiger partial charge in [-0.15, -0.1) is 0 Å². The molecule has 0 aliphatic heterocycles. The van der Waals surface area contributed by atoms with Gasteiger partial charge in [0.1, 0.15) is 11.3 Å². The number of nitrogens with zero attached hydrogens (tertiary/aromatic N) is 2. The fraction of sp³-hybridized carbons (Fsp3) is 0.300. The second kappa shape index (κ2) is 3.21. The summed E-state index contributed by atoms with van der Waals surface area (Å²) in [5, 5.41) is 3.03. The van der Waals surface area contributed by atoms with Crippen molar-refractivity contribution in [2.24, 2.45) is 7.05 Å². The van der Waals surface area contributed by atoms with E-state index in [0.717, 1.165) is 22.7 Å². The van der Waals surface area contributed by atoms with Crippen LogP contribution in [0.5, 0.6) is 5.75 Å². The number of imidazole rings is 1. The van der Waals surface area contributed by atoms with Gasteiger partial charge in [-0.1, -0.05) is 6.07 Å². The third-order valence-corrected chi connectivity index (χ3v) is 2.30. The number of aromatic nitrogens is 2. The number of hydrogen-bond acceptors (Lipinski definition) is 3. The number of ether oxygens (including phenoxy) is 1. The van der Waals surface area contributed by atoms with E-state index in [1.807, 2.05) is 36.9 Å². The lowest BCUT2D eigenvalue weighted by Crippen LogP contribution is -1.98. The van der Waals surface area contributed by atoms with Crippen molar-refractivity contribution < 1.29 is 4.74 Å². The van der Waals surface area contributed by atoms with Gasteiger partial charge in [0, 0.05) is 14.1 Å². The molecule has 1 aromatic carbocycles. The van der Waals surface area contributed by atoms with E-state index >= 15 is 0 Å². The van der Waals surface area contributed by atoms with Crippen molar-refractivity contribution in [3.05, 3.63) is 18.2 Å². The second-order valence-corrected chi connectivity index (χ2v) is 3.07. The molecule has 0 radical (unpaired) electrons. The van der Waals surface area contributed by atoms with Crippen LogP contribution in [0.3, 0.4) is 0 Å². The first kappa shape index (κ1) is 8.87. The fourth-order valence-electron chi connectivity index (χ4n) is 1.62. The van der Waals surface area contributed by atoms with Crippen molar-refractivity contribution in [3.8, 4) is 5.75 Å². The van der Waals surface area contributed by atoms with Gasteiger partial charge in [0.2, 0.25) is 5.95 Å². The zero-order valence-corrected chi connectivity index (χ0v) is 8.53. The Balaban J connectivity index is 2.79. The molecule has 2 aromatic rings. The predicted octanol–water partition coefficient (Wildman–Crippen LogP) is 1.62. The lowest BCUT2D eigenvalue weighted by atomic mass is 10.3. The van der Waals surface area contributed by atoms with Crippen molar-refractivity contribution in [2.75, 3.05) is 19.5 Å². The van der Waals surface area contributed by atoms with E-state index in [4.69, 9.17) is 4.74 Å². The number of rotatable bonds is 2. The molecule has 0 fully saturated rings. The molecule has 0 bridgehead atoms. The van der Waals surface area contributed by atoms with Gasteiger partial charge in [-0.3, -0.25) is 0 Å². The summed E-state index contributed by atoms with van der Waals surface area (Å²) in [6, 6.07) is 5.84. The molecule has 1 aromatic heterocycles. The quantitative estimate of drug-likeness (QED) is 0.784. The van der Waals surface area contributed by atoms with Gasteiger partial charge in [-0.05, 0) is 12.1 Å². The van der Waals surface area contributed by atoms with Gasteiger partial charge in [-0.2, -0.15) is 0 Å². The summed E-state index contributed by atoms with van der Waals surface area (Å²) >= 11 is 0. The molecule has 0 aliphatic carbocycles. The maximum atomic E-state index is 5.28. The first-order valence-corrected chi connectivity index (χ1v) is 4.45. The van der Waals surface area contributed by atoms with Crippen LogP contribution in [-0.2, 0) is 7.05 Å². The maximum absolute atomic E-state index is 5.28. The largest absolute Gasteiger partial charge is 0.494 e. The minimum absolute atomic E-state index is 0.838. The summed E-state index contributed by atoms with van der Waals surface area (Å²) in [5.41, 5.74) is 1.95. The van der Waals surface area contributed by atoms with Gasteiger partial charge >= 0.3 is 0 Å². The molecular formula is C10H13N3O. The molecule has 1 heterocycles. The van der Waals surface area contributed by atoms with Crippen LogP contribution in [0.1, 0.15) is 0 Å². The minimum Gasteiger partial charge on any atom is -0.494 e. The van der Waals surface area contributed by atoms with Crippen LogP contribution < -0.4 is 10.1 Å². The number of fused-ring (bicyclic) bond motifs is 1. The van der Waals surface area contributed by atoms with E-state index in [1.54, 1.807) is 7.11 Å². The molecule has 74 valence electrons. The van der Waals surface area contributed by atoms with E-state index in [2.05, 4.69) is 10.3 Å². The Kier molecular flexibility index (Phi) is 2.04. The number of nitrogens with one attached hydrogen (secondary N) is 1. The van der Waals surface area contributed by atoms with Crippen molar-refractivity contribution in [1.29, 1.82) is 0 Å². The molecule has 0 atom stereocenters. The number of hydrogen-bond donors (Lipinski definition) is 1. The van der Waals surface area contributed by atoms with E-state index in [0.29, 0.717) is 0 Å². The maximum Gasteiger partial charge on any atom is 0.203 e. The zero-order valence-electron chi connectivity index (χ0n) is 8.53. The number of benzene rings is 1. The third-order valence-electron chi connectivity index (χ3n) is 2.30. The number of aryl methyl sites for hydroxylation is 1. The molecule has 0 unspecified atom stereocenters. The fourth-order valence-corrected chi connectivity index (χ4v) is 1.62. The topological polar surface area (TPSA) is 39.1 Å².